The van der Waals surface area contributed by atoms with Crippen molar-refractivity contribution in [1.82, 2.24) is 5.32 Å². The average Bonchev–Trinajstić information content (AvgIpc) is 3.04. The van der Waals surface area contributed by atoms with Crippen molar-refractivity contribution in [3.8, 4) is 0 Å². The first kappa shape index (κ1) is 43.7. The molecular weight excluding hydrogens is 599 g/mol. The first-order valence-electron chi connectivity index (χ1n) is 17.2. The molecular formula is C37H63N2O6P. The molecule has 0 rings (SSSR count). The van der Waals surface area contributed by atoms with E-state index in [0.29, 0.717) is 6.42 Å². The van der Waals surface area contributed by atoms with Crippen LogP contribution in [0.2, 0.25) is 0 Å². The number of aliphatic hydroxyl groups excluding tert-OH is 1. The zero-order valence-corrected chi connectivity index (χ0v) is 29.4. The number of hydrogen-bond donors (Lipinski definition) is 4. The molecule has 8 nitrogen and oxygen atoms in total. The molecule has 0 aromatic heterocycles. The molecule has 46 heavy (non-hydrogen) atoms. The monoisotopic (exact) mass is 662 g/mol. The third-order valence-electron chi connectivity index (χ3n) is 6.73. The van der Waals surface area contributed by atoms with Gasteiger partial charge in [0.25, 0.3) is 0 Å². The molecule has 0 bridgehead atoms. The number of aliphatic hydroxyl groups is 1. The number of rotatable bonds is 30. The molecule has 0 radical (unpaired) electrons. The number of phosphoric ester groups is 1. The summed E-state index contributed by atoms with van der Waals surface area (Å²) in [6.07, 6.45) is 42.3. The van der Waals surface area contributed by atoms with Gasteiger partial charge in [-0.05, 0) is 57.8 Å². The summed E-state index contributed by atoms with van der Waals surface area (Å²) in [5.41, 5.74) is 5.33. The lowest BCUT2D eigenvalue weighted by Gasteiger charge is -2.23. The van der Waals surface area contributed by atoms with Gasteiger partial charge >= 0.3 is 7.82 Å². The van der Waals surface area contributed by atoms with Gasteiger partial charge in [-0.2, -0.15) is 0 Å². The van der Waals surface area contributed by atoms with Crippen molar-refractivity contribution < 1.29 is 28.4 Å². The number of allylic oxidation sites excluding steroid dienone is 12. The Morgan fingerprint density at radius 1 is 0.739 bits per heavy atom. The van der Waals surface area contributed by atoms with Crippen LogP contribution in [-0.2, 0) is 18.4 Å². The summed E-state index contributed by atoms with van der Waals surface area (Å²) >= 11 is 0. The molecule has 0 spiro atoms. The Labute approximate surface area is 279 Å². The van der Waals surface area contributed by atoms with Gasteiger partial charge in [-0.25, -0.2) is 4.57 Å². The number of nitrogens with two attached hydrogens (primary N) is 1. The second-order valence-corrected chi connectivity index (χ2v) is 12.4. The standard InChI is InChI=1S/C37H63N2O6P/c1-3-5-7-9-11-13-15-17-18-19-21-23-25-27-29-31-37(41)39-35(34-45-46(42,43)44-33-32-38)36(40)30-28-26-24-22-20-16-14-12-10-8-6-4-2/h5,7,11,13,17-18,20-23,27-30,35-36,40H,3-4,6,8-10,12,14-16,19,24-26,31-34,38H2,1-2H3,(H,39,41)(H,42,43)/b7-5-,13-11-,18-17-,22-20+,23-21-,29-27-,30-28+. The smallest absolute Gasteiger partial charge is 0.387 e. The number of nitrogens with one attached hydrogen (secondary N) is 1. The van der Waals surface area contributed by atoms with Crippen LogP contribution in [-0.4, -0.2) is 47.8 Å². The van der Waals surface area contributed by atoms with Gasteiger partial charge < -0.3 is 21.1 Å². The predicted molar refractivity (Wildman–Crippen MR) is 193 cm³/mol. The molecule has 262 valence electrons. The van der Waals surface area contributed by atoms with Crippen LogP contribution in [0.4, 0.5) is 0 Å². The van der Waals surface area contributed by atoms with Crippen molar-refractivity contribution in [2.45, 2.75) is 122 Å². The van der Waals surface area contributed by atoms with Gasteiger partial charge in [0.05, 0.1) is 25.4 Å². The summed E-state index contributed by atoms with van der Waals surface area (Å²) in [5.74, 6) is -0.337. The molecule has 0 aromatic carbocycles. The van der Waals surface area contributed by atoms with Crippen molar-refractivity contribution in [1.29, 1.82) is 0 Å². The SMILES string of the molecule is CC/C=C\C/C=C\C/C=C\C/C=C\C/C=C\CC(=O)NC(COP(=O)(O)OCCN)C(O)/C=C/CC/C=C/CCCCCCCC. The van der Waals surface area contributed by atoms with E-state index in [-0.39, 0.29) is 25.5 Å². The van der Waals surface area contributed by atoms with E-state index >= 15 is 0 Å². The molecule has 0 fully saturated rings. The van der Waals surface area contributed by atoms with E-state index in [1.807, 2.05) is 18.2 Å². The van der Waals surface area contributed by atoms with Crippen molar-refractivity contribution >= 4 is 13.7 Å². The van der Waals surface area contributed by atoms with Crippen LogP contribution in [0.1, 0.15) is 110 Å². The minimum Gasteiger partial charge on any atom is -0.387 e. The highest BCUT2D eigenvalue weighted by molar-refractivity contribution is 7.47. The molecule has 3 atom stereocenters. The molecule has 3 unspecified atom stereocenters. The van der Waals surface area contributed by atoms with Gasteiger partial charge in [-0.3, -0.25) is 13.8 Å². The van der Waals surface area contributed by atoms with Crippen molar-refractivity contribution in [3.05, 3.63) is 85.1 Å². The van der Waals surface area contributed by atoms with Gasteiger partial charge in [-0.1, -0.05) is 131 Å². The first-order valence-corrected chi connectivity index (χ1v) is 18.7. The molecule has 0 saturated carbocycles. The fourth-order valence-electron chi connectivity index (χ4n) is 4.15. The van der Waals surface area contributed by atoms with E-state index < -0.39 is 26.6 Å². The van der Waals surface area contributed by atoms with Crippen molar-refractivity contribution in [3.63, 3.8) is 0 Å². The Morgan fingerprint density at radius 3 is 1.89 bits per heavy atom. The van der Waals surface area contributed by atoms with Crippen molar-refractivity contribution in [2.75, 3.05) is 19.8 Å². The largest absolute Gasteiger partial charge is 0.472 e. The van der Waals surface area contributed by atoms with Crippen LogP contribution in [0, 0.1) is 0 Å². The van der Waals surface area contributed by atoms with Gasteiger partial charge in [0, 0.05) is 13.0 Å². The lowest BCUT2D eigenvalue weighted by atomic mass is 10.1. The third-order valence-corrected chi connectivity index (χ3v) is 7.72. The van der Waals surface area contributed by atoms with E-state index in [2.05, 4.69) is 73.8 Å². The Morgan fingerprint density at radius 2 is 1.28 bits per heavy atom. The summed E-state index contributed by atoms with van der Waals surface area (Å²) < 4.78 is 21.9. The summed E-state index contributed by atoms with van der Waals surface area (Å²) in [6.45, 7) is 3.86. The molecule has 0 heterocycles. The molecule has 0 saturated heterocycles. The molecule has 0 aliphatic carbocycles. The molecule has 9 heteroatoms. The zero-order chi connectivity index (χ0) is 34.0. The van der Waals surface area contributed by atoms with Crippen LogP contribution >= 0.6 is 7.82 Å². The van der Waals surface area contributed by atoms with E-state index in [1.165, 1.54) is 38.5 Å². The highest BCUT2D eigenvalue weighted by atomic mass is 31.2. The van der Waals surface area contributed by atoms with E-state index in [9.17, 15) is 19.4 Å². The van der Waals surface area contributed by atoms with E-state index in [4.69, 9.17) is 14.8 Å². The maximum Gasteiger partial charge on any atom is 0.472 e. The molecule has 1 amide bonds. The predicted octanol–water partition coefficient (Wildman–Crippen LogP) is 8.71. The van der Waals surface area contributed by atoms with Crippen LogP contribution in [0.15, 0.2) is 85.1 Å². The summed E-state index contributed by atoms with van der Waals surface area (Å²) in [4.78, 5) is 22.4. The van der Waals surface area contributed by atoms with Gasteiger partial charge in [0.1, 0.15) is 0 Å². The second-order valence-electron chi connectivity index (χ2n) is 11.0. The highest BCUT2D eigenvalue weighted by Gasteiger charge is 2.26. The van der Waals surface area contributed by atoms with Gasteiger partial charge in [-0.15, -0.1) is 0 Å². The maximum absolute atomic E-state index is 12.6. The van der Waals surface area contributed by atoms with Gasteiger partial charge in [0.15, 0.2) is 0 Å². The minimum atomic E-state index is -4.37. The van der Waals surface area contributed by atoms with Gasteiger partial charge in [0.2, 0.25) is 5.91 Å². The molecule has 0 aromatic rings. The Balaban J connectivity index is 4.63. The number of carbonyl (C=O) groups excluding carboxylic acids is 1. The Bertz CT molecular complexity index is 986. The lowest BCUT2D eigenvalue weighted by molar-refractivity contribution is -0.122. The normalized spacial score (nSPS) is 15.5. The van der Waals surface area contributed by atoms with Crippen LogP contribution < -0.4 is 11.1 Å². The summed E-state index contributed by atoms with van der Waals surface area (Å²) in [7, 11) is -4.37. The van der Waals surface area contributed by atoms with Crippen LogP contribution in [0.25, 0.3) is 0 Å². The molecule has 5 N–H and O–H groups in total. The Hall–Kier alpha value is -2.32. The molecule has 0 aliphatic rings. The van der Waals surface area contributed by atoms with E-state index in [0.717, 1.165) is 44.9 Å². The third kappa shape index (κ3) is 30.3. The average molecular weight is 663 g/mol. The number of carbonyl (C=O) groups is 1. The zero-order valence-electron chi connectivity index (χ0n) is 28.5. The second kappa shape index (κ2) is 32.6. The molecule has 0 aliphatic heterocycles. The van der Waals surface area contributed by atoms with Crippen molar-refractivity contribution in [2.24, 2.45) is 5.73 Å². The first-order chi connectivity index (χ1) is 22.4. The number of amides is 1. The van der Waals surface area contributed by atoms with Crippen LogP contribution in [0.5, 0.6) is 0 Å². The van der Waals surface area contributed by atoms with E-state index in [1.54, 1.807) is 12.2 Å². The number of hydrogen-bond acceptors (Lipinski definition) is 6. The minimum absolute atomic E-state index is 0.0556. The topological polar surface area (TPSA) is 131 Å². The summed E-state index contributed by atoms with van der Waals surface area (Å²) in [6, 6.07) is -0.934. The Kier molecular flexibility index (Phi) is 31.0. The number of phosphoric acid groups is 1. The fourth-order valence-corrected chi connectivity index (χ4v) is 4.91. The lowest BCUT2D eigenvalue weighted by Crippen LogP contribution is -2.45. The number of unbranched alkanes of at least 4 members (excludes halogenated alkanes) is 7. The highest BCUT2D eigenvalue weighted by Crippen LogP contribution is 2.43. The summed E-state index contributed by atoms with van der Waals surface area (Å²) in [5, 5.41) is 13.4. The maximum atomic E-state index is 12.6. The van der Waals surface area contributed by atoms with Crippen LogP contribution in [0.3, 0.4) is 0 Å². The quantitative estimate of drug-likeness (QED) is 0.0344. The fraction of sp³-hybridized carbons (Fsp3) is 0.595.